The molecule has 1 aromatic carbocycles. The molecule has 18 heavy (non-hydrogen) atoms. The van der Waals surface area contributed by atoms with Crippen molar-refractivity contribution in [1.82, 2.24) is 4.37 Å². The summed E-state index contributed by atoms with van der Waals surface area (Å²) in [5.41, 5.74) is 0.937. The Morgan fingerprint density at radius 2 is 1.89 bits per heavy atom. The molecule has 0 amide bonds. The first-order chi connectivity index (χ1) is 8.02. The number of carbonyl (C=O) groups is 1. The van der Waals surface area contributed by atoms with Crippen LogP contribution in [0, 0.1) is 6.92 Å². The molecule has 2 aromatic rings. The van der Waals surface area contributed by atoms with Crippen LogP contribution in [0.15, 0.2) is 18.2 Å². The predicted octanol–water partition coefficient (Wildman–Crippen LogP) is -0.207. The molecule has 3 nitrogen and oxygen atoms in total. The van der Waals surface area contributed by atoms with Gasteiger partial charge in [-0.3, -0.25) is 0 Å². The minimum absolute atomic E-state index is 0. The van der Waals surface area contributed by atoms with Crippen molar-refractivity contribution in [2.45, 2.75) is 6.92 Å². The second kappa shape index (κ2) is 6.81. The maximum absolute atomic E-state index is 11.1. The summed E-state index contributed by atoms with van der Waals surface area (Å²) in [5, 5.41) is 11.9. The Morgan fingerprint density at radius 3 is 2.39 bits per heavy atom. The fourth-order valence-electron chi connectivity index (χ4n) is 1.50. The molecule has 0 saturated heterocycles. The Labute approximate surface area is 161 Å². The Hall–Kier alpha value is 0.536. The number of hydrogen-bond acceptors (Lipinski definition) is 4. The van der Waals surface area contributed by atoms with Gasteiger partial charge in [0.15, 0.2) is 0 Å². The molecule has 2 rings (SSSR count). The van der Waals surface area contributed by atoms with E-state index >= 15 is 0 Å². The Morgan fingerprint density at radius 1 is 1.33 bits per heavy atom. The van der Waals surface area contributed by atoms with Crippen LogP contribution in [0.4, 0.5) is 0 Å². The summed E-state index contributed by atoms with van der Waals surface area (Å²) in [7, 11) is 0. The van der Waals surface area contributed by atoms with E-state index in [1.54, 1.807) is 25.1 Å². The van der Waals surface area contributed by atoms with Gasteiger partial charge in [-0.2, -0.15) is 4.37 Å². The van der Waals surface area contributed by atoms with E-state index in [-0.39, 0.29) is 56.9 Å². The monoisotopic (exact) mass is 325 g/mol. The number of hydrogen-bond donors (Lipinski definition) is 0. The molecule has 88 valence electrons. The van der Waals surface area contributed by atoms with Gasteiger partial charge in [0, 0.05) is 11.1 Å². The second-order valence-corrected chi connectivity index (χ2v) is 4.94. The number of aromatic nitrogens is 1. The first-order valence-corrected chi connectivity index (χ1v) is 6.17. The van der Waals surface area contributed by atoms with Crippen LogP contribution in [0.3, 0.4) is 0 Å². The zero-order valence-electron chi connectivity index (χ0n) is 9.66. The van der Waals surface area contributed by atoms with Gasteiger partial charge in [0.2, 0.25) is 0 Å². The average Bonchev–Trinajstić information content (AvgIpc) is 2.60. The number of carboxylic acid groups (broad SMARTS) is 1. The minimum atomic E-state index is -1.28. The van der Waals surface area contributed by atoms with Crippen molar-refractivity contribution in [2.24, 2.45) is 0 Å². The van der Waals surface area contributed by atoms with Crippen LogP contribution in [-0.4, -0.2) is 10.3 Å². The zero-order chi connectivity index (χ0) is 12.6. The molecule has 0 aliphatic carbocycles. The first kappa shape index (κ1) is 16.6. The van der Waals surface area contributed by atoms with Crippen molar-refractivity contribution >= 4 is 40.7 Å². The molecule has 0 unspecified atom stereocenters. The Kier molecular flexibility index (Phi) is 6.28. The number of rotatable bonds is 2. The fraction of sp³-hybridized carbons (Fsp3) is 0.0909. The largest absolute Gasteiger partial charge is 1.00 e. The molecular formula is C11H6Cl2KNO2S. The van der Waals surface area contributed by atoms with Gasteiger partial charge in [-0.15, -0.1) is 0 Å². The zero-order valence-corrected chi connectivity index (χ0v) is 15.1. The molecule has 1 heterocycles. The maximum atomic E-state index is 11.1. The minimum Gasteiger partial charge on any atom is -0.545 e. The van der Waals surface area contributed by atoms with Gasteiger partial charge in [0.05, 0.1) is 26.6 Å². The first-order valence-electron chi connectivity index (χ1n) is 4.64. The van der Waals surface area contributed by atoms with Crippen molar-refractivity contribution in [2.75, 3.05) is 0 Å². The van der Waals surface area contributed by atoms with Crippen LogP contribution in [0.5, 0.6) is 0 Å². The normalized spacial score (nSPS) is 9.94. The third kappa shape index (κ3) is 3.16. The van der Waals surface area contributed by atoms with E-state index in [1.807, 2.05) is 0 Å². The van der Waals surface area contributed by atoms with E-state index in [2.05, 4.69) is 4.37 Å². The van der Waals surface area contributed by atoms with E-state index in [4.69, 9.17) is 23.2 Å². The van der Waals surface area contributed by atoms with Gasteiger partial charge in [0.1, 0.15) is 0 Å². The topological polar surface area (TPSA) is 53.0 Å². The number of carboxylic acids is 1. The van der Waals surface area contributed by atoms with Gasteiger partial charge in [0.25, 0.3) is 0 Å². The van der Waals surface area contributed by atoms with Crippen LogP contribution in [0.2, 0.25) is 10.0 Å². The number of aryl methyl sites for hydroxylation is 1. The summed E-state index contributed by atoms with van der Waals surface area (Å²) in [4.78, 5) is 11.5. The molecule has 0 spiro atoms. The Balaban J connectivity index is 0.00000162. The van der Waals surface area contributed by atoms with Crippen molar-refractivity contribution < 1.29 is 61.3 Å². The molecule has 0 bridgehead atoms. The quantitative estimate of drug-likeness (QED) is 0.718. The third-order valence-electron chi connectivity index (χ3n) is 2.26. The number of carbonyl (C=O) groups excluding carboxylic acids is 1. The van der Waals surface area contributed by atoms with Crippen LogP contribution in [0.25, 0.3) is 10.4 Å². The summed E-state index contributed by atoms with van der Waals surface area (Å²) >= 11 is 13.1. The van der Waals surface area contributed by atoms with Gasteiger partial charge in [-0.25, -0.2) is 0 Å². The van der Waals surface area contributed by atoms with Crippen molar-refractivity contribution in [3.63, 3.8) is 0 Å². The SMILES string of the molecule is Cc1nsc(-c2c(Cl)cccc2Cl)c1C(=O)[O-].[K+]. The molecule has 0 fully saturated rings. The van der Waals surface area contributed by atoms with Crippen molar-refractivity contribution in [3.05, 3.63) is 39.5 Å². The smallest absolute Gasteiger partial charge is 0.545 e. The van der Waals surface area contributed by atoms with Gasteiger partial charge >= 0.3 is 51.4 Å². The van der Waals surface area contributed by atoms with E-state index < -0.39 is 5.97 Å². The summed E-state index contributed by atoms with van der Waals surface area (Å²) in [5.74, 6) is -1.28. The molecular weight excluding hydrogens is 320 g/mol. The molecule has 7 heteroatoms. The Bertz CT molecular complexity index is 580. The summed E-state index contributed by atoms with van der Waals surface area (Å²) in [6, 6.07) is 4.99. The number of halogens is 2. The van der Waals surface area contributed by atoms with Crippen LogP contribution < -0.4 is 56.5 Å². The third-order valence-corrected chi connectivity index (χ3v) is 3.84. The number of benzene rings is 1. The maximum Gasteiger partial charge on any atom is 1.00 e. The van der Waals surface area contributed by atoms with E-state index in [9.17, 15) is 9.90 Å². The van der Waals surface area contributed by atoms with Crippen molar-refractivity contribution in [3.8, 4) is 10.4 Å². The van der Waals surface area contributed by atoms with Crippen LogP contribution in [0.1, 0.15) is 16.1 Å². The van der Waals surface area contributed by atoms with Gasteiger partial charge in [-0.1, -0.05) is 29.3 Å². The van der Waals surface area contributed by atoms with Crippen molar-refractivity contribution in [1.29, 1.82) is 0 Å². The summed E-state index contributed by atoms with van der Waals surface area (Å²) in [6.07, 6.45) is 0. The molecule has 0 aliphatic rings. The molecule has 0 saturated carbocycles. The molecule has 0 atom stereocenters. The van der Waals surface area contributed by atoms with E-state index in [0.29, 0.717) is 26.2 Å². The van der Waals surface area contributed by atoms with E-state index in [0.717, 1.165) is 11.5 Å². The number of nitrogens with zero attached hydrogens (tertiary/aromatic N) is 1. The fourth-order valence-corrected chi connectivity index (χ4v) is 3.15. The second-order valence-electron chi connectivity index (χ2n) is 3.36. The average molecular weight is 326 g/mol. The predicted molar refractivity (Wildman–Crippen MR) is 66.6 cm³/mol. The van der Waals surface area contributed by atoms with Gasteiger partial charge < -0.3 is 9.90 Å². The standard InChI is InChI=1S/C11H7Cl2NO2S.K/c1-5-8(11(15)16)10(17-14-5)9-6(12)3-2-4-7(9)13;/h2-4H,1H3,(H,15,16);/q;+1/p-1. The number of aromatic carboxylic acids is 1. The summed E-state index contributed by atoms with van der Waals surface area (Å²) < 4.78 is 4.00. The molecule has 0 radical (unpaired) electrons. The molecule has 1 aromatic heterocycles. The molecule has 0 aliphatic heterocycles. The van der Waals surface area contributed by atoms with E-state index in [1.165, 1.54) is 0 Å². The van der Waals surface area contributed by atoms with Crippen LogP contribution >= 0.6 is 34.7 Å². The van der Waals surface area contributed by atoms with Crippen LogP contribution in [-0.2, 0) is 0 Å². The molecule has 0 N–H and O–H groups in total. The van der Waals surface area contributed by atoms with Gasteiger partial charge in [-0.05, 0) is 30.6 Å². The summed E-state index contributed by atoms with van der Waals surface area (Å²) in [6.45, 7) is 1.61.